The number of amides is 1. The number of thiocarbonyl (C=S) groups is 1. The van der Waals surface area contributed by atoms with Gasteiger partial charge < -0.3 is 20.1 Å². The number of benzene rings is 2. The van der Waals surface area contributed by atoms with Crippen molar-refractivity contribution in [2.45, 2.75) is 32.4 Å². The lowest BCUT2D eigenvalue weighted by atomic mass is 10.0. The molecule has 2 aromatic heterocycles. The average molecular weight is 496 g/mol. The summed E-state index contributed by atoms with van der Waals surface area (Å²) in [6.45, 7) is 4.55. The molecule has 1 fully saturated rings. The highest BCUT2D eigenvalue weighted by Crippen LogP contribution is 2.39. The molecule has 2 N–H and O–H groups in total. The van der Waals surface area contributed by atoms with Crippen LogP contribution in [0, 0.1) is 13.8 Å². The van der Waals surface area contributed by atoms with Gasteiger partial charge in [-0.3, -0.25) is 9.78 Å². The molecule has 1 aliphatic heterocycles. The highest BCUT2D eigenvalue weighted by molar-refractivity contribution is 7.80. The Morgan fingerprint density at radius 2 is 1.78 bits per heavy atom. The summed E-state index contributed by atoms with van der Waals surface area (Å²) in [4.78, 5) is 19.6. The van der Waals surface area contributed by atoms with Gasteiger partial charge in [-0.2, -0.15) is 0 Å². The lowest BCUT2D eigenvalue weighted by Gasteiger charge is -2.29. The van der Waals surface area contributed by atoms with Crippen LogP contribution in [0.5, 0.6) is 0 Å². The molecule has 182 valence electrons. The van der Waals surface area contributed by atoms with Crippen LogP contribution in [0.15, 0.2) is 91.3 Å². The Labute approximate surface area is 217 Å². The first-order valence-corrected chi connectivity index (χ1v) is 12.5. The SMILES string of the molecule is Cc1ccc(-n2cccc2C2C(c3ccccn3)NC(=S)N2CCC(=O)Nc2ccccc2C)cc1. The maximum atomic E-state index is 12.9. The van der Waals surface area contributed by atoms with E-state index in [1.165, 1.54) is 5.56 Å². The minimum Gasteiger partial charge on any atom is -0.352 e. The summed E-state index contributed by atoms with van der Waals surface area (Å²) in [6, 6.07) is 26.1. The standard InChI is InChI=1S/C29H29N5OS/c1-20-12-14-22(15-13-20)33-18-7-11-25(33)28-27(24-10-5-6-17-30-24)32-29(36)34(28)19-16-26(35)31-23-9-4-3-8-21(23)2/h3-15,17-18,27-28H,16,19H2,1-2H3,(H,31,35)(H,32,36). The summed E-state index contributed by atoms with van der Waals surface area (Å²) in [5, 5.41) is 7.14. The van der Waals surface area contributed by atoms with Crippen molar-refractivity contribution >= 4 is 28.9 Å². The van der Waals surface area contributed by atoms with E-state index < -0.39 is 0 Å². The third-order valence-electron chi connectivity index (χ3n) is 6.59. The molecule has 0 bridgehead atoms. The Morgan fingerprint density at radius 1 is 1.00 bits per heavy atom. The third-order valence-corrected chi connectivity index (χ3v) is 6.94. The highest BCUT2D eigenvalue weighted by atomic mass is 32.1. The smallest absolute Gasteiger partial charge is 0.226 e. The Bertz CT molecular complexity index is 1370. The van der Waals surface area contributed by atoms with Gasteiger partial charge in [0.15, 0.2) is 5.11 Å². The molecule has 0 radical (unpaired) electrons. The fraction of sp³-hybridized carbons (Fsp3) is 0.207. The van der Waals surface area contributed by atoms with Gasteiger partial charge in [-0.15, -0.1) is 0 Å². The first-order chi connectivity index (χ1) is 17.5. The molecule has 6 nitrogen and oxygen atoms in total. The second kappa shape index (κ2) is 10.3. The number of aryl methyl sites for hydroxylation is 2. The van der Waals surface area contributed by atoms with Crippen molar-refractivity contribution in [2.24, 2.45) is 0 Å². The molecule has 1 aliphatic rings. The van der Waals surface area contributed by atoms with E-state index in [1.54, 1.807) is 6.20 Å². The fourth-order valence-electron chi connectivity index (χ4n) is 4.69. The van der Waals surface area contributed by atoms with Gasteiger partial charge >= 0.3 is 0 Å². The van der Waals surface area contributed by atoms with Gasteiger partial charge in [-0.05, 0) is 74.1 Å². The summed E-state index contributed by atoms with van der Waals surface area (Å²) in [6.07, 6.45) is 4.18. The average Bonchev–Trinajstić information content (AvgIpc) is 3.49. The Morgan fingerprint density at radius 3 is 2.53 bits per heavy atom. The van der Waals surface area contributed by atoms with E-state index in [2.05, 4.69) is 74.6 Å². The molecule has 7 heteroatoms. The number of nitrogens with one attached hydrogen (secondary N) is 2. The predicted octanol–water partition coefficient (Wildman–Crippen LogP) is 5.49. The Balaban J connectivity index is 1.44. The number of hydrogen-bond donors (Lipinski definition) is 2. The van der Waals surface area contributed by atoms with Gasteiger partial charge in [0, 0.05) is 42.4 Å². The van der Waals surface area contributed by atoms with Gasteiger partial charge in [-0.1, -0.05) is 42.0 Å². The van der Waals surface area contributed by atoms with E-state index in [0.717, 1.165) is 28.3 Å². The van der Waals surface area contributed by atoms with E-state index in [-0.39, 0.29) is 18.0 Å². The van der Waals surface area contributed by atoms with Crippen LogP contribution >= 0.6 is 12.2 Å². The normalized spacial score (nSPS) is 17.2. The molecular formula is C29H29N5OS. The van der Waals surface area contributed by atoms with E-state index in [9.17, 15) is 4.79 Å². The molecule has 2 aromatic carbocycles. The van der Waals surface area contributed by atoms with Crippen LogP contribution in [0.2, 0.25) is 0 Å². The summed E-state index contributed by atoms with van der Waals surface area (Å²) in [5.74, 6) is -0.0407. The lowest BCUT2D eigenvalue weighted by molar-refractivity contribution is -0.116. The largest absolute Gasteiger partial charge is 0.352 e. The summed E-state index contributed by atoms with van der Waals surface area (Å²) < 4.78 is 2.19. The van der Waals surface area contributed by atoms with Crippen molar-refractivity contribution < 1.29 is 4.79 Å². The van der Waals surface area contributed by atoms with Crippen LogP contribution in [-0.2, 0) is 4.79 Å². The number of rotatable bonds is 7. The van der Waals surface area contributed by atoms with Crippen LogP contribution in [0.4, 0.5) is 5.69 Å². The predicted molar refractivity (Wildman–Crippen MR) is 147 cm³/mol. The molecule has 2 atom stereocenters. The number of hydrogen-bond acceptors (Lipinski definition) is 3. The quantitative estimate of drug-likeness (QED) is 0.332. The number of anilines is 1. The zero-order valence-electron chi connectivity index (χ0n) is 20.4. The van der Waals surface area contributed by atoms with E-state index in [4.69, 9.17) is 12.2 Å². The van der Waals surface area contributed by atoms with Crippen LogP contribution < -0.4 is 10.6 Å². The Kier molecular flexibility index (Phi) is 6.82. The molecular weight excluding hydrogens is 466 g/mol. The lowest BCUT2D eigenvalue weighted by Crippen LogP contribution is -2.33. The van der Waals surface area contributed by atoms with Gasteiger partial charge in [0.05, 0.1) is 17.8 Å². The first-order valence-electron chi connectivity index (χ1n) is 12.1. The van der Waals surface area contributed by atoms with Crippen LogP contribution in [-0.4, -0.2) is 32.0 Å². The zero-order chi connectivity index (χ0) is 25.1. The number of pyridine rings is 1. The van der Waals surface area contributed by atoms with Crippen molar-refractivity contribution in [3.8, 4) is 5.69 Å². The van der Waals surface area contributed by atoms with Gasteiger partial charge in [0.25, 0.3) is 0 Å². The van der Waals surface area contributed by atoms with Crippen molar-refractivity contribution in [3.63, 3.8) is 0 Å². The third kappa shape index (κ3) is 4.88. The van der Waals surface area contributed by atoms with Crippen molar-refractivity contribution in [1.82, 2.24) is 19.8 Å². The molecule has 4 aromatic rings. The molecule has 3 heterocycles. The molecule has 36 heavy (non-hydrogen) atoms. The fourth-order valence-corrected chi connectivity index (χ4v) is 5.02. The van der Waals surface area contributed by atoms with E-state index >= 15 is 0 Å². The Hall–Kier alpha value is -3.97. The monoisotopic (exact) mass is 495 g/mol. The number of carbonyl (C=O) groups excluding carboxylic acids is 1. The maximum Gasteiger partial charge on any atom is 0.226 e. The molecule has 1 saturated heterocycles. The topological polar surface area (TPSA) is 62.2 Å². The highest BCUT2D eigenvalue weighted by Gasteiger charge is 2.41. The molecule has 2 unspecified atom stereocenters. The molecule has 0 spiro atoms. The number of nitrogens with zero attached hydrogens (tertiary/aromatic N) is 3. The van der Waals surface area contributed by atoms with Crippen molar-refractivity contribution in [1.29, 1.82) is 0 Å². The van der Waals surface area contributed by atoms with Gasteiger partial charge in [0.2, 0.25) is 5.91 Å². The summed E-state index contributed by atoms with van der Waals surface area (Å²) in [7, 11) is 0. The minimum atomic E-state index is -0.141. The first kappa shape index (κ1) is 23.8. The second-order valence-electron chi connectivity index (χ2n) is 9.07. The minimum absolute atomic E-state index is 0.0407. The van der Waals surface area contributed by atoms with E-state index in [1.807, 2.05) is 49.4 Å². The van der Waals surface area contributed by atoms with Crippen LogP contribution in [0.1, 0.15) is 41.0 Å². The van der Waals surface area contributed by atoms with Crippen LogP contribution in [0.3, 0.4) is 0 Å². The second-order valence-corrected chi connectivity index (χ2v) is 9.46. The molecule has 1 amide bonds. The summed E-state index contributed by atoms with van der Waals surface area (Å²) >= 11 is 5.79. The van der Waals surface area contributed by atoms with Crippen molar-refractivity contribution in [2.75, 3.05) is 11.9 Å². The van der Waals surface area contributed by atoms with E-state index in [0.29, 0.717) is 18.1 Å². The number of aromatic nitrogens is 2. The zero-order valence-corrected chi connectivity index (χ0v) is 21.2. The summed E-state index contributed by atoms with van der Waals surface area (Å²) in [5.41, 5.74) is 6.16. The van der Waals surface area contributed by atoms with Gasteiger partial charge in [0.1, 0.15) is 0 Å². The van der Waals surface area contributed by atoms with Crippen molar-refractivity contribution in [3.05, 3.63) is 114 Å². The molecule has 0 aliphatic carbocycles. The molecule has 0 saturated carbocycles. The van der Waals surface area contributed by atoms with Crippen LogP contribution in [0.25, 0.3) is 5.69 Å². The number of para-hydroxylation sites is 1. The number of carbonyl (C=O) groups is 1. The molecule has 5 rings (SSSR count). The maximum absolute atomic E-state index is 12.9. The van der Waals surface area contributed by atoms with Gasteiger partial charge in [-0.25, -0.2) is 0 Å².